The molecule has 0 heterocycles. The van der Waals surface area contributed by atoms with Gasteiger partial charge in [-0.3, -0.25) is 0 Å². The van der Waals surface area contributed by atoms with Crippen LogP contribution < -0.4 is 9.47 Å². The Kier molecular flexibility index (Phi) is 5.20. The number of rotatable bonds is 5. The highest BCUT2D eigenvalue weighted by Crippen LogP contribution is 2.23. The van der Waals surface area contributed by atoms with Crippen molar-refractivity contribution in [3.63, 3.8) is 0 Å². The number of ether oxygens (including phenoxy) is 3. The Balaban J connectivity index is 2.39. The van der Waals surface area contributed by atoms with Crippen molar-refractivity contribution < 1.29 is 19.0 Å². The van der Waals surface area contributed by atoms with E-state index < -0.39 is 0 Å². The molecule has 0 amide bonds. The normalized spacial score (nSPS) is 11.0. The van der Waals surface area contributed by atoms with Crippen molar-refractivity contribution in [3.05, 3.63) is 59.7 Å². The Morgan fingerprint density at radius 1 is 0.818 bits per heavy atom. The van der Waals surface area contributed by atoms with Crippen molar-refractivity contribution in [1.82, 2.24) is 0 Å². The van der Waals surface area contributed by atoms with E-state index >= 15 is 0 Å². The fraction of sp³-hybridized carbons (Fsp3) is 0.167. The van der Waals surface area contributed by atoms with E-state index in [-0.39, 0.29) is 5.97 Å². The van der Waals surface area contributed by atoms with Crippen LogP contribution in [0.2, 0.25) is 0 Å². The van der Waals surface area contributed by atoms with Gasteiger partial charge in [-0.05, 0) is 41.5 Å². The molecule has 0 saturated carbocycles. The molecule has 0 saturated heterocycles. The average molecular weight is 298 g/mol. The Hall–Kier alpha value is -2.75. The molecular formula is C18H18O4. The molecule has 114 valence electrons. The summed E-state index contributed by atoms with van der Waals surface area (Å²) < 4.78 is 15.1. The van der Waals surface area contributed by atoms with Gasteiger partial charge in [0, 0.05) is 0 Å². The third kappa shape index (κ3) is 3.67. The van der Waals surface area contributed by atoms with E-state index in [0.29, 0.717) is 5.57 Å². The summed E-state index contributed by atoms with van der Waals surface area (Å²) in [6, 6.07) is 14.7. The summed E-state index contributed by atoms with van der Waals surface area (Å²) in [7, 11) is 4.58. The molecule has 2 aromatic carbocycles. The summed E-state index contributed by atoms with van der Waals surface area (Å²) in [6.07, 6.45) is 1.78. The van der Waals surface area contributed by atoms with Crippen molar-refractivity contribution in [2.45, 2.75) is 0 Å². The van der Waals surface area contributed by atoms with Crippen LogP contribution in [0.15, 0.2) is 48.5 Å². The molecule has 0 aliphatic carbocycles. The number of esters is 1. The summed E-state index contributed by atoms with van der Waals surface area (Å²) in [5.74, 6) is 1.11. The molecule has 0 atom stereocenters. The van der Waals surface area contributed by atoms with Crippen LogP contribution in [0, 0.1) is 0 Å². The molecule has 0 fully saturated rings. The van der Waals surface area contributed by atoms with Gasteiger partial charge < -0.3 is 14.2 Å². The van der Waals surface area contributed by atoms with Crippen LogP contribution in [-0.4, -0.2) is 27.3 Å². The lowest BCUT2D eigenvalue weighted by molar-refractivity contribution is -0.133. The summed E-state index contributed by atoms with van der Waals surface area (Å²) in [5.41, 5.74) is 2.14. The molecule has 0 N–H and O–H groups in total. The molecular weight excluding hydrogens is 280 g/mol. The molecule has 4 nitrogen and oxygen atoms in total. The van der Waals surface area contributed by atoms with Crippen LogP contribution >= 0.6 is 0 Å². The Bertz CT molecular complexity index is 654. The maximum atomic E-state index is 12.0. The van der Waals surface area contributed by atoms with Gasteiger partial charge in [-0.25, -0.2) is 4.79 Å². The summed E-state index contributed by atoms with van der Waals surface area (Å²) >= 11 is 0. The summed E-state index contributed by atoms with van der Waals surface area (Å²) in [4.78, 5) is 12.0. The fourth-order valence-electron chi connectivity index (χ4n) is 2.01. The average Bonchev–Trinajstić information content (AvgIpc) is 2.59. The number of benzene rings is 2. The van der Waals surface area contributed by atoms with Gasteiger partial charge in [0.2, 0.25) is 0 Å². The van der Waals surface area contributed by atoms with E-state index in [1.807, 2.05) is 36.4 Å². The first kappa shape index (κ1) is 15.6. The SMILES string of the molecule is COC(=O)/C(=C\c1ccc(OC)cc1)c1ccc(OC)cc1. The minimum atomic E-state index is -0.388. The molecule has 0 unspecified atom stereocenters. The number of carbonyl (C=O) groups is 1. The zero-order valence-electron chi connectivity index (χ0n) is 12.8. The highest BCUT2D eigenvalue weighted by Gasteiger charge is 2.12. The monoisotopic (exact) mass is 298 g/mol. The second-order valence-corrected chi connectivity index (χ2v) is 4.55. The number of carbonyl (C=O) groups excluding carboxylic acids is 1. The zero-order chi connectivity index (χ0) is 15.9. The second kappa shape index (κ2) is 7.31. The lowest BCUT2D eigenvalue weighted by atomic mass is 10.0. The van der Waals surface area contributed by atoms with Crippen molar-refractivity contribution in [3.8, 4) is 11.5 Å². The number of hydrogen-bond acceptors (Lipinski definition) is 4. The quantitative estimate of drug-likeness (QED) is 0.482. The molecule has 0 aliphatic heterocycles. The molecule has 4 heteroatoms. The van der Waals surface area contributed by atoms with Crippen LogP contribution in [0.1, 0.15) is 11.1 Å². The molecule has 22 heavy (non-hydrogen) atoms. The first-order valence-corrected chi connectivity index (χ1v) is 6.76. The third-order valence-corrected chi connectivity index (χ3v) is 3.23. The highest BCUT2D eigenvalue weighted by atomic mass is 16.5. The van der Waals surface area contributed by atoms with Crippen molar-refractivity contribution >= 4 is 17.6 Å². The molecule has 0 spiro atoms. The zero-order valence-corrected chi connectivity index (χ0v) is 12.8. The lowest BCUT2D eigenvalue weighted by Crippen LogP contribution is -2.04. The molecule has 0 aromatic heterocycles. The van der Waals surface area contributed by atoms with Crippen LogP contribution in [0.5, 0.6) is 11.5 Å². The minimum Gasteiger partial charge on any atom is -0.497 e. The fourth-order valence-corrected chi connectivity index (χ4v) is 2.01. The molecule has 2 aromatic rings. The second-order valence-electron chi connectivity index (χ2n) is 4.55. The van der Waals surface area contributed by atoms with Crippen LogP contribution in [0.3, 0.4) is 0 Å². The van der Waals surface area contributed by atoms with E-state index in [1.54, 1.807) is 32.4 Å². The topological polar surface area (TPSA) is 44.8 Å². The molecule has 0 radical (unpaired) electrons. The first-order valence-electron chi connectivity index (χ1n) is 6.76. The maximum Gasteiger partial charge on any atom is 0.338 e. The van der Waals surface area contributed by atoms with Crippen LogP contribution in [-0.2, 0) is 9.53 Å². The maximum absolute atomic E-state index is 12.0. The van der Waals surface area contributed by atoms with Gasteiger partial charge >= 0.3 is 5.97 Å². The lowest BCUT2D eigenvalue weighted by Gasteiger charge is -2.08. The van der Waals surface area contributed by atoms with E-state index in [2.05, 4.69) is 0 Å². The third-order valence-electron chi connectivity index (χ3n) is 3.23. The Morgan fingerprint density at radius 3 is 1.77 bits per heavy atom. The Labute approximate surface area is 129 Å². The van der Waals surface area contributed by atoms with Crippen molar-refractivity contribution in [2.75, 3.05) is 21.3 Å². The largest absolute Gasteiger partial charge is 0.497 e. The molecule has 0 bridgehead atoms. The predicted molar refractivity (Wildman–Crippen MR) is 85.9 cm³/mol. The van der Waals surface area contributed by atoms with Gasteiger partial charge in [-0.1, -0.05) is 24.3 Å². The number of methoxy groups -OCH3 is 3. The summed E-state index contributed by atoms with van der Waals surface area (Å²) in [6.45, 7) is 0. The van der Waals surface area contributed by atoms with Gasteiger partial charge in [0.15, 0.2) is 0 Å². The number of hydrogen-bond donors (Lipinski definition) is 0. The van der Waals surface area contributed by atoms with Gasteiger partial charge in [0.05, 0.1) is 26.9 Å². The van der Waals surface area contributed by atoms with E-state index in [1.165, 1.54) is 7.11 Å². The van der Waals surface area contributed by atoms with E-state index in [4.69, 9.17) is 14.2 Å². The van der Waals surface area contributed by atoms with Gasteiger partial charge in [0.1, 0.15) is 11.5 Å². The smallest absolute Gasteiger partial charge is 0.338 e. The standard InChI is InChI=1S/C18H18O4/c1-20-15-8-4-13(5-9-15)12-17(18(19)22-3)14-6-10-16(21-2)11-7-14/h4-12H,1-3H3/b17-12-. The van der Waals surface area contributed by atoms with Gasteiger partial charge in [-0.15, -0.1) is 0 Å². The van der Waals surface area contributed by atoms with Gasteiger partial charge in [-0.2, -0.15) is 0 Å². The first-order chi connectivity index (χ1) is 10.7. The van der Waals surface area contributed by atoms with Crippen LogP contribution in [0.25, 0.3) is 11.6 Å². The van der Waals surface area contributed by atoms with Crippen LogP contribution in [0.4, 0.5) is 0 Å². The highest BCUT2D eigenvalue weighted by molar-refractivity contribution is 6.21. The van der Waals surface area contributed by atoms with Gasteiger partial charge in [0.25, 0.3) is 0 Å². The molecule has 2 rings (SSSR count). The van der Waals surface area contributed by atoms with Crippen molar-refractivity contribution in [2.24, 2.45) is 0 Å². The predicted octanol–water partition coefficient (Wildman–Crippen LogP) is 3.42. The summed E-state index contributed by atoms with van der Waals surface area (Å²) in [5, 5.41) is 0. The molecule has 0 aliphatic rings. The van der Waals surface area contributed by atoms with E-state index in [9.17, 15) is 4.79 Å². The minimum absolute atomic E-state index is 0.388. The van der Waals surface area contributed by atoms with Crippen molar-refractivity contribution in [1.29, 1.82) is 0 Å². The Morgan fingerprint density at radius 2 is 1.32 bits per heavy atom. The van der Waals surface area contributed by atoms with E-state index in [0.717, 1.165) is 22.6 Å².